The van der Waals surface area contributed by atoms with E-state index in [2.05, 4.69) is 53.3 Å². The Balaban J connectivity index is 1.28. The van der Waals surface area contributed by atoms with Gasteiger partial charge in [-0.05, 0) is 62.2 Å². The molecule has 8 nitrogen and oxygen atoms in total. The van der Waals surface area contributed by atoms with E-state index in [-0.39, 0.29) is 25.0 Å². The number of benzene rings is 2. The molecular formula is C25H24Br2N6O2. The first-order valence-corrected chi connectivity index (χ1v) is 12.8. The molecular weight excluding hydrogens is 576 g/mol. The molecule has 0 radical (unpaired) electrons. The first-order chi connectivity index (χ1) is 16.6. The Morgan fingerprint density at radius 3 is 2.49 bits per heavy atom. The van der Waals surface area contributed by atoms with Crippen LogP contribution in [0.3, 0.4) is 0 Å². The zero-order chi connectivity index (χ0) is 24.9. The maximum atomic E-state index is 13.1. The molecule has 0 unspecified atom stereocenters. The molecule has 2 aromatic heterocycles. The summed E-state index contributed by atoms with van der Waals surface area (Å²) >= 11 is 6.96. The fourth-order valence-electron chi connectivity index (χ4n) is 4.22. The quantitative estimate of drug-likeness (QED) is 0.363. The van der Waals surface area contributed by atoms with E-state index in [1.165, 1.54) is 0 Å². The first-order valence-electron chi connectivity index (χ1n) is 11.2. The molecule has 4 aromatic rings. The number of hydrogen-bond acceptors (Lipinski definition) is 5. The fraction of sp³-hybridized carbons (Fsp3) is 0.280. The van der Waals surface area contributed by atoms with Gasteiger partial charge in [-0.2, -0.15) is 5.10 Å². The monoisotopic (exact) mass is 598 g/mol. The summed E-state index contributed by atoms with van der Waals surface area (Å²) in [6, 6.07) is 13.8. The van der Waals surface area contributed by atoms with Gasteiger partial charge in [-0.1, -0.05) is 49.2 Å². The van der Waals surface area contributed by atoms with Crippen molar-refractivity contribution < 1.29 is 9.90 Å². The summed E-state index contributed by atoms with van der Waals surface area (Å²) in [6.07, 6.45) is 3.50. The predicted octanol–water partition coefficient (Wildman–Crippen LogP) is 4.56. The molecule has 5 rings (SSSR count). The lowest BCUT2D eigenvalue weighted by molar-refractivity contribution is -0.0893. The maximum absolute atomic E-state index is 13.1. The van der Waals surface area contributed by atoms with Crippen molar-refractivity contribution in [2.45, 2.75) is 32.4 Å². The minimum Gasteiger partial charge on any atom is -0.380 e. The number of amides is 1. The highest BCUT2D eigenvalue weighted by Gasteiger charge is 2.47. The summed E-state index contributed by atoms with van der Waals surface area (Å²) in [5.74, 6) is -0.165. The average molecular weight is 600 g/mol. The summed E-state index contributed by atoms with van der Waals surface area (Å²) in [7, 11) is 0. The van der Waals surface area contributed by atoms with Crippen LogP contribution in [0, 0.1) is 13.8 Å². The van der Waals surface area contributed by atoms with Crippen LogP contribution in [0.2, 0.25) is 0 Å². The minimum atomic E-state index is -1.22. The molecule has 35 heavy (non-hydrogen) atoms. The SMILES string of the molecule is Cc1cc([C@@H](C)n2cc(C3(O)CN(C(=O)c4cn(-c5ccc(Br)cc5)nc4C)C3)nn2)ccc1Br. The van der Waals surface area contributed by atoms with Crippen LogP contribution in [0.5, 0.6) is 0 Å². The molecule has 1 saturated heterocycles. The van der Waals surface area contributed by atoms with E-state index in [0.717, 1.165) is 25.8 Å². The Morgan fingerprint density at radius 1 is 1.09 bits per heavy atom. The molecule has 1 atom stereocenters. The standard InChI is InChI=1S/C25H24Br2N6O2/c1-15-10-18(4-9-22(15)27)17(3)32-12-23(28-30-32)25(35)13-31(14-25)24(34)21-11-33(29-16(21)2)20-7-5-19(26)6-8-20/h4-12,17,35H,13-14H2,1-3H3/t17-/m1/s1. The van der Waals surface area contributed by atoms with E-state index < -0.39 is 5.60 Å². The largest absolute Gasteiger partial charge is 0.380 e. The van der Waals surface area contributed by atoms with Gasteiger partial charge < -0.3 is 10.0 Å². The molecule has 1 aliphatic heterocycles. The number of hydrogen-bond donors (Lipinski definition) is 1. The van der Waals surface area contributed by atoms with Crippen LogP contribution in [-0.2, 0) is 5.60 Å². The second kappa shape index (κ2) is 9.00. The van der Waals surface area contributed by atoms with E-state index in [1.807, 2.05) is 57.2 Å². The van der Waals surface area contributed by atoms with Gasteiger partial charge in [0, 0.05) is 15.1 Å². The van der Waals surface area contributed by atoms with E-state index in [1.54, 1.807) is 26.7 Å². The first kappa shape index (κ1) is 23.9. The third-order valence-corrected chi connectivity index (χ3v) is 7.88. The van der Waals surface area contributed by atoms with E-state index in [0.29, 0.717) is 17.0 Å². The number of aromatic nitrogens is 5. The van der Waals surface area contributed by atoms with Crippen molar-refractivity contribution in [3.8, 4) is 5.69 Å². The number of carbonyl (C=O) groups is 1. The third-order valence-electron chi connectivity index (χ3n) is 6.46. The van der Waals surface area contributed by atoms with E-state index in [4.69, 9.17) is 0 Å². The van der Waals surface area contributed by atoms with Crippen molar-refractivity contribution in [2.24, 2.45) is 0 Å². The molecule has 1 N–H and O–H groups in total. The highest BCUT2D eigenvalue weighted by molar-refractivity contribution is 9.10. The Labute approximate surface area is 219 Å². The van der Waals surface area contributed by atoms with Crippen molar-refractivity contribution in [2.75, 3.05) is 13.1 Å². The summed E-state index contributed by atoms with van der Waals surface area (Å²) in [4.78, 5) is 14.7. The summed E-state index contributed by atoms with van der Waals surface area (Å²) < 4.78 is 5.46. The van der Waals surface area contributed by atoms with Crippen LogP contribution in [0.4, 0.5) is 0 Å². The van der Waals surface area contributed by atoms with Gasteiger partial charge in [0.15, 0.2) is 0 Å². The average Bonchev–Trinajstić information content (AvgIpc) is 3.46. The highest BCUT2D eigenvalue weighted by atomic mass is 79.9. The molecule has 0 aliphatic carbocycles. The number of halogens is 2. The van der Waals surface area contributed by atoms with Gasteiger partial charge >= 0.3 is 0 Å². The van der Waals surface area contributed by atoms with Gasteiger partial charge in [0.1, 0.15) is 11.3 Å². The number of carbonyl (C=O) groups excluding carboxylic acids is 1. The Morgan fingerprint density at radius 2 is 1.80 bits per heavy atom. The molecule has 1 aliphatic rings. The molecule has 0 bridgehead atoms. The maximum Gasteiger partial charge on any atom is 0.257 e. The number of rotatable bonds is 5. The lowest BCUT2D eigenvalue weighted by Gasteiger charge is -2.45. The number of aryl methyl sites for hydroxylation is 2. The Bertz CT molecular complexity index is 1410. The van der Waals surface area contributed by atoms with Crippen molar-refractivity contribution in [1.82, 2.24) is 29.7 Å². The van der Waals surface area contributed by atoms with Gasteiger partial charge in [0.05, 0.1) is 42.3 Å². The van der Waals surface area contributed by atoms with Crippen LogP contribution in [0.25, 0.3) is 5.69 Å². The fourth-order valence-corrected chi connectivity index (χ4v) is 4.73. The molecule has 0 saturated carbocycles. The van der Waals surface area contributed by atoms with Crippen LogP contribution in [0.15, 0.2) is 63.8 Å². The zero-order valence-corrected chi connectivity index (χ0v) is 22.7. The molecule has 180 valence electrons. The lowest BCUT2D eigenvalue weighted by Crippen LogP contribution is -2.61. The summed E-state index contributed by atoms with van der Waals surface area (Å²) in [5.41, 5.74) is 3.49. The molecule has 0 spiro atoms. The molecule has 2 aromatic carbocycles. The second-order valence-corrected chi connectivity index (χ2v) is 10.8. The molecule has 3 heterocycles. The number of aliphatic hydroxyl groups is 1. The van der Waals surface area contributed by atoms with Crippen molar-refractivity contribution in [3.05, 3.63) is 91.9 Å². The number of likely N-dealkylation sites (tertiary alicyclic amines) is 1. The van der Waals surface area contributed by atoms with E-state index in [9.17, 15) is 9.90 Å². The third kappa shape index (κ3) is 4.46. The minimum absolute atomic E-state index is 0.0449. The Hall–Kier alpha value is -2.82. The molecule has 1 amide bonds. The smallest absolute Gasteiger partial charge is 0.257 e. The van der Waals surface area contributed by atoms with Gasteiger partial charge in [-0.3, -0.25) is 4.79 Å². The normalized spacial score (nSPS) is 15.7. The number of β-amino-alcohol motifs (C(OH)–C–C–N with tert-alkyl or cyclic N) is 1. The second-order valence-electron chi connectivity index (χ2n) is 9.01. The van der Waals surface area contributed by atoms with Gasteiger partial charge in [0.2, 0.25) is 0 Å². The molecule has 1 fully saturated rings. The van der Waals surface area contributed by atoms with Crippen LogP contribution < -0.4 is 0 Å². The van der Waals surface area contributed by atoms with Gasteiger partial charge in [0.25, 0.3) is 5.91 Å². The summed E-state index contributed by atoms with van der Waals surface area (Å²) in [5, 5.41) is 24.1. The number of nitrogens with zero attached hydrogens (tertiary/aromatic N) is 6. The van der Waals surface area contributed by atoms with Gasteiger partial charge in [-0.15, -0.1) is 5.10 Å². The topological polar surface area (TPSA) is 89.1 Å². The van der Waals surface area contributed by atoms with Crippen molar-refractivity contribution in [3.63, 3.8) is 0 Å². The van der Waals surface area contributed by atoms with Crippen LogP contribution >= 0.6 is 31.9 Å². The van der Waals surface area contributed by atoms with Gasteiger partial charge in [-0.25, -0.2) is 9.36 Å². The zero-order valence-electron chi connectivity index (χ0n) is 19.5. The molecule has 10 heteroatoms. The van der Waals surface area contributed by atoms with Crippen molar-refractivity contribution in [1.29, 1.82) is 0 Å². The van der Waals surface area contributed by atoms with E-state index >= 15 is 0 Å². The lowest BCUT2D eigenvalue weighted by atomic mass is 9.90. The van der Waals surface area contributed by atoms with Crippen LogP contribution in [0.1, 0.15) is 45.8 Å². The predicted molar refractivity (Wildman–Crippen MR) is 139 cm³/mol. The summed E-state index contributed by atoms with van der Waals surface area (Å²) in [6.45, 7) is 6.19. The highest BCUT2D eigenvalue weighted by Crippen LogP contribution is 2.33. The van der Waals surface area contributed by atoms with Crippen molar-refractivity contribution >= 4 is 37.8 Å². The van der Waals surface area contributed by atoms with Crippen LogP contribution in [-0.4, -0.2) is 53.8 Å². The Kier molecular flexibility index (Phi) is 6.14.